The van der Waals surface area contributed by atoms with Crippen molar-refractivity contribution in [2.75, 3.05) is 11.9 Å². The molecule has 29 heavy (non-hydrogen) atoms. The highest BCUT2D eigenvalue weighted by atomic mass is 32.1. The fourth-order valence-corrected chi connectivity index (χ4v) is 3.02. The third-order valence-corrected chi connectivity index (χ3v) is 4.87. The summed E-state index contributed by atoms with van der Waals surface area (Å²) >= 11 is 1.24. The molecule has 0 aliphatic carbocycles. The molecule has 2 aromatic rings. The lowest BCUT2D eigenvalue weighted by atomic mass is 10.0. The summed E-state index contributed by atoms with van der Waals surface area (Å²) < 4.78 is 5.04. The molecule has 1 heterocycles. The van der Waals surface area contributed by atoms with Crippen molar-refractivity contribution in [2.45, 2.75) is 26.8 Å². The van der Waals surface area contributed by atoms with Gasteiger partial charge in [0.2, 0.25) is 0 Å². The molecular weight excluding hydrogens is 398 g/mol. The second-order valence-corrected chi connectivity index (χ2v) is 7.53. The molecule has 1 atom stereocenters. The van der Waals surface area contributed by atoms with E-state index in [1.54, 1.807) is 38.3 Å². The predicted octanol–water partition coefficient (Wildman–Crippen LogP) is 2.90. The first kappa shape index (κ1) is 22.0. The third-order valence-electron chi connectivity index (χ3n) is 4.00. The van der Waals surface area contributed by atoms with E-state index in [1.807, 2.05) is 0 Å². The zero-order valence-corrected chi connectivity index (χ0v) is 16.9. The van der Waals surface area contributed by atoms with Gasteiger partial charge < -0.3 is 15.4 Å². The van der Waals surface area contributed by atoms with E-state index in [4.69, 9.17) is 4.74 Å². The number of nitrogens with zero attached hydrogens (tertiary/aromatic N) is 1. The van der Waals surface area contributed by atoms with Crippen molar-refractivity contribution in [1.29, 1.82) is 0 Å². The number of nitrogens with one attached hydrogen (secondary N) is 2. The molecule has 2 amide bonds. The van der Waals surface area contributed by atoms with Crippen molar-refractivity contribution >= 4 is 40.5 Å². The number of nitro groups is 1. The Kier molecular flexibility index (Phi) is 7.43. The molecule has 1 aromatic carbocycles. The van der Waals surface area contributed by atoms with Crippen LogP contribution in [0.5, 0.6) is 0 Å². The molecule has 0 aliphatic rings. The molecule has 2 N–H and O–H groups in total. The number of thiophene rings is 1. The third kappa shape index (κ3) is 6.11. The molecular formula is C19H21N3O6S. The van der Waals surface area contributed by atoms with Gasteiger partial charge in [-0.25, -0.2) is 4.79 Å². The quantitative estimate of drug-likeness (QED) is 0.385. The number of esters is 1. The van der Waals surface area contributed by atoms with Crippen LogP contribution in [0.1, 0.15) is 29.1 Å². The van der Waals surface area contributed by atoms with Crippen molar-refractivity contribution in [3.05, 3.63) is 56.3 Å². The monoisotopic (exact) mass is 419 g/mol. The Morgan fingerprint density at radius 3 is 2.55 bits per heavy atom. The number of carbonyl (C=O) groups excluding carboxylic acids is 3. The Labute approximate surface area is 171 Å². The van der Waals surface area contributed by atoms with Crippen LogP contribution in [0.3, 0.4) is 0 Å². The standard InChI is InChI=1S/C19H21N3O6S/c1-11(2)17(21-18(24)15-5-4-8-29-15)19(25)28-10-16(23)20-14-9-13(22(26)27)7-6-12(14)3/h4-9,11,17H,10H2,1-3H3,(H,20,23)(H,21,24)/t17-/m0/s1. The zero-order chi connectivity index (χ0) is 21.6. The first-order chi connectivity index (χ1) is 13.7. The minimum atomic E-state index is -0.919. The number of amides is 2. The predicted molar refractivity (Wildman–Crippen MR) is 108 cm³/mol. The van der Waals surface area contributed by atoms with E-state index in [9.17, 15) is 24.5 Å². The molecule has 0 fully saturated rings. The number of benzene rings is 1. The van der Waals surface area contributed by atoms with Crippen molar-refractivity contribution in [3.8, 4) is 0 Å². The number of hydrogen-bond donors (Lipinski definition) is 2. The lowest BCUT2D eigenvalue weighted by molar-refractivity contribution is -0.384. The van der Waals surface area contributed by atoms with Gasteiger partial charge in [0.15, 0.2) is 6.61 Å². The van der Waals surface area contributed by atoms with E-state index in [-0.39, 0.29) is 17.3 Å². The topological polar surface area (TPSA) is 128 Å². The molecule has 0 spiro atoms. The van der Waals surface area contributed by atoms with Crippen LogP contribution in [0, 0.1) is 23.0 Å². The van der Waals surface area contributed by atoms with Gasteiger partial charge in [-0.05, 0) is 29.9 Å². The first-order valence-corrected chi connectivity index (χ1v) is 9.63. The molecule has 9 nitrogen and oxygen atoms in total. The number of anilines is 1. The lowest BCUT2D eigenvalue weighted by Crippen LogP contribution is -2.45. The molecule has 2 rings (SSSR count). The Hall–Kier alpha value is -3.27. The van der Waals surface area contributed by atoms with Crippen molar-refractivity contribution in [2.24, 2.45) is 5.92 Å². The van der Waals surface area contributed by atoms with E-state index in [1.165, 1.54) is 29.5 Å². The number of hydrogen-bond acceptors (Lipinski definition) is 7. The summed E-state index contributed by atoms with van der Waals surface area (Å²) in [6.45, 7) is 4.58. The number of carbonyl (C=O) groups is 3. The van der Waals surface area contributed by atoms with E-state index >= 15 is 0 Å². The molecule has 0 radical (unpaired) electrons. The number of rotatable bonds is 8. The van der Waals surface area contributed by atoms with Crippen LogP contribution >= 0.6 is 11.3 Å². The molecule has 1 aromatic heterocycles. The van der Waals surface area contributed by atoms with Crippen LogP contribution in [0.4, 0.5) is 11.4 Å². The van der Waals surface area contributed by atoms with Gasteiger partial charge in [-0.1, -0.05) is 26.0 Å². The summed E-state index contributed by atoms with van der Waals surface area (Å²) in [5, 5.41) is 17.7. The average molecular weight is 419 g/mol. The highest BCUT2D eigenvalue weighted by molar-refractivity contribution is 7.12. The maximum atomic E-state index is 12.4. The second-order valence-electron chi connectivity index (χ2n) is 6.58. The van der Waals surface area contributed by atoms with Gasteiger partial charge in [-0.15, -0.1) is 11.3 Å². The second kappa shape index (κ2) is 9.78. The van der Waals surface area contributed by atoms with Crippen LogP contribution in [-0.2, 0) is 14.3 Å². The molecule has 0 saturated heterocycles. The van der Waals surface area contributed by atoms with E-state index in [0.717, 1.165) is 0 Å². The van der Waals surface area contributed by atoms with Crippen LogP contribution in [0.25, 0.3) is 0 Å². The summed E-state index contributed by atoms with van der Waals surface area (Å²) in [6.07, 6.45) is 0. The van der Waals surface area contributed by atoms with Gasteiger partial charge in [0.1, 0.15) is 6.04 Å². The van der Waals surface area contributed by atoms with Crippen molar-refractivity contribution in [3.63, 3.8) is 0 Å². The maximum absolute atomic E-state index is 12.4. The SMILES string of the molecule is Cc1ccc([N+](=O)[O-])cc1NC(=O)COC(=O)[C@@H](NC(=O)c1cccs1)C(C)C. The zero-order valence-electron chi connectivity index (χ0n) is 16.1. The average Bonchev–Trinajstić information content (AvgIpc) is 3.20. The fourth-order valence-electron chi connectivity index (χ4n) is 2.39. The fraction of sp³-hybridized carbons (Fsp3) is 0.316. The largest absolute Gasteiger partial charge is 0.454 e. The van der Waals surface area contributed by atoms with Crippen LogP contribution in [-0.4, -0.2) is 35.4 Å². The minimum absolute atomic E-state index is 0.168. The molecule has 0 aliphatic heterocycles. The van der Waals surface area contributed by atoms with Gasteiger partial charge in [0.25, 0.3) is 17.5 Å². The Morgan fingerprint density at radius 1 is 1.24 bits per heavy atom. The van der Waals surface area contributed by atoms with Gasteiger partial charge in [0.05, 0.1) is 15.5 Å². The summed E-state index contributed by atoms with van der Waals surface area (Å²) in [7, 11) is 0. The van der Waals surface area contributed by atoms with E-state index in [0.29, 0.717) is 10.4 Å². The summed E-state index contributed by atoms with van der Waals surface area (Å²) in [4.78, 5) is 47.4. The Balaban J connectivity index is 1.95. The maximum Gasteiger partial charge on any atom is 0.329 e. The Morgan fingerprint density at radius 2 is 1.97 bits per heavy atom. The van der Waals surface area contributed by atoms with E-state index in [2.05, 4.69) is 10.6 Å². The lowest BCUT2D eigenvalue weighted by Gasteiger charge is -2.20. The number of nitro benzene ring substituents is 1. The number of aryl methyl sites for hydroxylation is 1. The minimum Gasteiger partial charge on any atom is -0.454 e. The van der Waals surface area contributed by atoms with Crippen molar-refractivity contribution in [1.82, 2.24) is 5.32 Å². The van der Waals surface area contributed by atoms with Gasteiger partial charge in [-0.3, -0.25) is 19.7 Å². The highest BCUT2D eigenvalue weighted by Crippen LogP contribution is 2.21. The van der Waals surface area contributed by atoms with Crippen molar-refractivity contribution < 1.29 is 24.0 Å². The normalized spacial score (nSPS) is 11.6. The number of non-ortho nitro benzene ring substituents is 1. The number of ether oxygens (including phenoxy) is 1. The summed E-state index contributed by atoms with van der Waals surface area (Å²) in [5.41, 5.74) is 0.712. The molecule has 154 valence electrons. The molecule has 0 unspecified atom stereocenters. The van der Waals surface area contributed by atoms with Crippen LogP contribution in [0.15, 0.2) is 35.7 Å². The summed E-state index contributed by atoms with van der Waals surface area (Å²) in [5.74, 6) is -2.04. The van der Waals surface area contributed by atoms with Crippen LogP contribution in [0.2, 0.25) is 0 Å². The molecule has 0 bridgehead atoms. The van der Waals surface area contributed by atoms with Gasteiger partial charge >= 0.3 is 5.97 Å². The molecule has 0 saturated carbocycles. The van der Waals surface area contributed by atoms with Crippen LogP contribution < -0.4 is 10.6 Å². The van der Waals surface area contributed by atoms with Gasteiger partial charge in [-0.2, -0.15) is 0 Å². The molecule has 10 heteroatoms. The smallest absolute Gasteiger partial charge is 0.329 e. The van der Waals surface area contributed by atoms with Gasteiger partial charge in [0, 0.05) is 12.1 Å². The summed E-state index contributed by atoms with van der Waals surface area (Å²) in [6, 6.07) is 6.51. The van der Waals surface area contributed by atoms with E-state index < -0.39 is 35.4 Å². The highest BCUT2D eigenvalue weighted by Gasteiger charge is 2.27. The Bertz CT molecular complexity index is 911. The first-order valence-electron chi connectivity index (χ1n) is 8.75.